The molecule has 0 unspecified atom stereocenters. The molecule has 1 aliphatic heterocycles. The molecule has 0 spiro atoms. The maximum absolute atomic E-state index is 4.63. The van der Waals surface area contributed by atoms with Gasteiger partial charge in [0.15, 0.2) is 0 Å². The van der Waals surface area contributed by atoms with Crippen LogP contribution in [-0.2, 0) is 12.8 Å². The molecule has 146 valence electrons. The number of rotatable bonds is 5. The summed E-state index contributed by atoms with van der Waals surface area (Å²) < 4.78 is 0. The molecule has 2 aromatic rings. The lowest BCUT2D eigenvalue weighted by Gasteiger charge is -2.20. The molecule has 0 atom stereocenters. The van der Waals surface area contributed by atoms with Gasteiger partial charge in [-0.05, 0) is 30.9 Å². The predicted octanol–water partition coefficient (Wildman–Crippen LogP) is 3.71. The molecule has 2 aliphatic rings. The summed E-state index contributed by atoms with van der Waals surface area (Å²) in [5.41, 5.74) is 6.44. The fourth-order valence-corrected chi connectivity index (χ4v) is 3.58. The summed E-state index contributed by atoms with van der Waals surface area (Å²) in [5.74, 6) is 2.05. The monoisotopic (exact) mass is 377 g/mol. The quantitative estimate of drug-likeness (QED) is 0.613. The first kappa shape index (κ1) is 18.4. The van der Waals surface area contributed by atoms with Crippen molar-refractivity contribution in [1.82, 2.24) is 19.9 Å². The summed E-state index contributed by atoms with van der Waals surface area (Å²) in [5, 5.41) is 4.39. The van der Waals surface area contributed by atoms with Crippen molar-refractivity contribution >= 4 is 24.2 Å². The second kappa shape index (κ2) is 8.82. The molecule has 2 aromatic heterocycles. The molecule has 2 N–H and O–H groups in total. The van der Waals surface area contributed by atoms with Gasteiger partial charge in [0, 0.05) is 37.0 Å². The van der Waals surface area contributed by atoms with Crippen molar-refractivity contribution in [2.24, 2.45) is 5.10 Å². The van der Waals surface area contributed by atoms with E-state index in [0.717, 1.165) is 49.0 Å². The lowest BCUT2D eigenvalue weighted by Crippen LogP contribution is -2.27. The number of aromatic amines is 1. The first-order valence-corrected chi connectivity index (χ1v) is 10.2. The zero-order valence-electron chi connectivity index (χ0n) is 16.4. The molecule has 1 saturated heterocycles. The van der Waals surface area contributed by atoms with Gasteiger partial charge < -0.3 is 9.88 Å². The highest BCUT2D eigenvalue weighted by molar-refractivity contribution is 5.84. The third-order valence-electron chi connectivity index (χ3n) is 5.13. The van der Waals surface area contributed by atoms with Gasteiger partial charge in [-0.1, -0.05) is 38.0 Å². The summed E-state index contributed by atoms with van der Waals surface area (Å²) in [6, 6.07) is 0. The van der Waals surface area contributed by atoms with Crippen LogP contribution < -0.4 is 10.3 Å². The van der Waals surface area contributed by atoms with Crippen molar-refractivity contribution in [1.29, 1.82) is 0 Å². The second-order valence-corrected chi connectivity index (χ2v) is 7.13. The first-order chi connectivity index (χ1) is 13.8. The van der Waals surface area contributed by atoms with Crippen LogP contribution in [0.4, 0.5) is 11.9 Å². The van der Waals surface area contributed by atoms with E-state index < -0.39 is 0 Å². The molecule has 0 aromatic carbocycles. The first-order valence-electron chi connectivity index (χ1n) is 10.2. The van der Waals surface area contributed by atoms with Crippen LogP contribution >= 0.6 is 0 Å². The Morgan fingerprint density at radius 1 is 1.14 bits per heavy atom. The van der Waals surface area contributed by atoms with Gasteiger partial charge in [0.25, 0.3) is 0 Å². The molecule has 28 heavy (non-hydrogen) atoms. The summed E-state index contributed by atoms with van der Waals surface area (Å²) in [6.45, 7) is 4.07. The number of anilines is 2. The van der Waals surface area contributed by atoms with Gasteiger partial charge in [-0.25, -0.2) is 5.43 Å². The van der Waals surface area contributed by atoms with Gasteiger partial charge in [0.2, 0.25) is 11.9 Å². The van der Waals surface area contributed by atoms with E-state index in [1.54, 1.807) is 0 Å². The highest BCUT2D eigenvalue weighted by Gasteiger charge is 2.15. The number of nitrogens with zero attached hydrogens (tertiary/aromatic N) is 5. The summed E-state index contributed by atoms with van der Waals surface area (Å²) in [4.78, 5) is 19.3. The van der Waals surface area contributed by atoms with Crippen LogP contribution in [0.2, 0.25) is 0 Å². The molecule has 3 heterocycles. The molecule has 7 nitrogen and oxygen atoms in total. The van der Waals surface area contributed by atoms with E-state index in [2.05, 4.69) is 60.5 Å². The standard InChI is InChI=1S/C21H27N7/c1-2-19-24-20(26-21(25-19)28-12-8-3-4-9-13-28)27-23-15-16-14-22-18-11-7-5-6-10-17(16)18/h5-7,11,14-15,22H,2-4,8-10,12-13H2,1H3,(H,24,25,26,27)/b23-15+. The Bertz CT molecular complexity index is 886. The number of allylic oxidation sites excluding steroid dienone is 3. The molecule has 1 fully saturated rings. The van der Waals surface area contributed by atoms with Crippen molar-refractivity contribution in [3.8, 4) is 0 Å². The van der Waals surface area contributed by atoms with Crippen molar-refractivity contribution in [3.05, 3.63) is 47.1 Å². The predicted molar refractivity (Wildman–Crippen MR) is 114 cm³/mol. The number of aromatic nitrogens is 4. The number of H-pyrrole nitrogens is 1. The van der Waals surface area contributed by atoms with Gasteiger partial charge >= 0.3 is 0 Å². The lowest BCUT2D eigenvalue weighted by atomic mass is 10.1. The molecular weight excluding hydrogens is 350 g/mol. The van der Waals surface area contributed by atoms with Crippen molar-refractivity contribution in [2.75, 3.05) is 23.4 Å². The molecule has 1 aliphatic carbocycles. The maximum Gasteiger partial charge on any atom is 0.248 e. The van der Waals surface area contributed by atoms with E-state index in [1.165, 1.54) is 31.2 Å². The number of nitrogens with one attached hydrogen (secondary N) is 2. The van der Waals surface area contributed by atoms with E-state index >= 15 is 0 Å². The molecule has 0 amide bonds. The van der Waals surface area contributed by atoms with Gasteiger partial charge in [0.05, 0.1) is 6.21 Å². The van der Waals surface area contributed by atoms with Crippen LogP contribution in [0.5, 0.6) is 0 Å². The number of fused-ring (bicyclic) bond motifs is 1. The van der Waals surface area contributed by atoms with Crippen LogP contribution in [0.1, 0.15) is 55.3 Å². The Hall–Kier alpha value is -2.96. The molecule has 4 rings (SSSR count). The van der Waals surface area contributed by atoms with E-state index in [1.807, 2.05) is 18.5 Å². The largest absolute Gasteiger partial charge is 0.361 e. The summed E-state index contributed by atoms with van der Waals surface area (Å²) >= 11 is 0. The third-order valence-corrected chi connectivity index (χ3v) is 5.13. The van der Waals surface area contributed by atoms with E-state index in [0.29, 0.717) is 5.95 Å². The summed E-state index contributed by atoms with van der Waals surface area (Å²) in [6.07, 6.45) is 18.7. The van der Waals surface area contributed by atoms with Crippen LogP contribution in [0, 0.1) is 0 Å². The molecular formula is C21H27N7. The second-order valence-electron chi connectivity index (χ2n) is 7.13. The van der Waals surface area contributed by atoms with Crippen molar-refractivity contribution in [3.63, 3.8) is 0 Å². The van der Waals surface area contributed by atoms with Crippen molar-refractivity contribution in [2.45, 2.75) is 45.4 Å². The Balaban J connectivity index is 1.51. The molecule has 0 bridgehead atoms. The number of hydrazone groups is 1. The topological polar surface area (TPSA) is 82.1 Å². The Kier molecular flexibility index (Phi) is 5.80. The highest BCUT2D eigenvalue weighted by atomic mass is 15.4. The smallest absolute Gasteiger partial charge is 0.248 e. The van der Waals surface area contributed by atoms with Gasteiger partial charge in [0.1, 0.15) is 5.82 Å². The minimum Gasteiger partial charge on any atom is -0.361 e. The molecule has 0 saturated carbocycles. The fraction of sp³-hybridized carbons (Fsp3) is 0.429. The number of aryl methyl sites for hydroxylation is 1. The minimum absolute atomic E-state index is 0.503. The molecule has 0 radical (unpaired) electrons. The third kappa shape index (κ3) is 4.30. The summed E-state index contributed by atoms with van der Waals surface area (Å²) in [7, 11) is 0. The van der Waals surface area contributed by atoms with Gasteiger partial charge in [-0.3, -0.25) is 0 Å². The lowest BCUT2D eigenvalue weighted by molar-refractivity contribution is 0.726. The van der Waals surface area contributed by atoms with E-state index in [9.17, 15) is 0 Å². The fourth-order valence-electron chi connectivity index (χ4n) is 3.58. The van der Waals surface area contributed by atoms with Gasteiger partial charge in [-0.2, -0.15) is 20.1 Å². The maximum atomic E-state index is 4.63. The SMILES string of the molecule is CCc1nc(N/N=C/c2c[nH]c3c2CC=CC=C3)nc(N2CCCCCC2)n1. The zero-order valence-corrected chi connectivity index (χ0v) is 16.4. The number of hydrogen-bond donors (Lipinski definition) is 2. The average Bonchev–Trinajstić information content (AvgIpc) is 2.94. The highest BCUT2D eigenvalue weighted by Crippen LogP contribution is 2.19. The Labute approximate surface area is 165 Å². The number of hydrogen-bond acceptors (Lipinski definition) is 6. The van der Waals surface area contributed by atoms with Gasteiger partial charge in [-0.15, -0.1) is 0 Å². The Morgan fingerprint density at radius 3 is 2.82 bits per heavy atom. The van der Waals surface area contributed by atoms with Crippen molar-refractivity contribution < 1.29 is 0 Å². The normalized spacial score (nSPS) is 16.8. The minimum atomic E-state index is 0.503. The Morgan fingerprint density at radius 2 is 2.00 bits per heavy atom. The zero-order chi connectivity index (χ0) is 19.2. The van der Waals surface area contributed by atoms with Crippen LogP contribution in [0.25, 0.3) is 6.08 Å². The van der Waals surface area contributed by atoms with E-state index in [-0.39, 0.29) is 0 Å². The molecule has 7 heteroatoms. The average molecular weight is 377 g/mol. The van der Waals surface area contributed by atoms with Crippen LogP contribution in [-0.4, -0.2) is 39.2 Å². The van der Waals surface area contributed by atoms with Crippen LogP contribution in [0.15, 0.2) is 29.5 Å². The van der Waals surface area contributed by atoms with Crippen LogP contribution in [0.3, 0.4) is 0 Å². The van der Waals surface area contributed by atoms with E-state index in [4.69, 9.17) is 0 Å².